The second kappa shape index (κ2) is 4.51. The molecule has 6 nitrogen and oxygen atoms in total. The Kier molecular flexibility index (Phi) is 3.59. The molecule has 1 rings (SSSR count). The van der Waals surface area contributed by atoms with Crippen molar-refractivity contribution in [3.05, 3.63) is 11.6 Å². The van der Waals surface area contributed by atoms with Crippen molar-refractivity contribution in [2.45, 2.75) is 11.3 Å². The molecule has 0 saturated carbocycles. The monoisotopic (exact) mass is 301 g/mol. The summed E-state index contributed by atoms with van der Waals surface area (Å²) >= 11 is 0. The molecule has 1 aromatic heterocycles. The van der Waals surface area contributed by atoms with Crippen molar-refractivity contribution in [3.8, 4) is 11.9 Å². The zero-order valence-electron chi connectivity index (χ0n) is 8.19. The van der Waals surface area contributed by atoms with Crippen LogP contribution in [0.2, 0.25) is 0 Å². The van der Waals surface area contributed by atoms with Gasteiger partial charge in [0.15, 0.2) is 0 Å². The molecule has 98 valence electrons. The molecule has 0 fully saturated rings. The maximum atomic E-state index is 11.9. The standard InChI is InChI=1S/C7H3ClF3N3O3S/c8-18(15,16)5-3(2-12)1-4(14-6(5)13)17-7(9,10)11/h1H,(H2,13,14). The van der Waals surface area contributed by atoms with E-state index in [-0.39, 0.29) is 0 Å². The first-order valence-corrected chi connectivity index (χ1v) is 6.26. The van der Waals surface area contributed by atoms with Gasteiger partial charge in [-0.25, -0.2) is 8.42 Å². The van der Waals surface area contributed by atoms with E-state index in [9.17, 15) is 21.6 Å². The Bertz CT molecular complexity index is 623. The van der Waals surface area contributed by atoms with Gasteiger partial charge in [-0.3, -0.25) is 0 Å². The van der Waals surface area contributed by atoms with Gasteiger partial charge in [0, 0.05) is 16.7 Å². The number of nitriles is 1. The lowest BCUT2D eigenvalue weighted by atomic mass is 10.3. The Morgan fingerprint density at radius 2 is 2.06 bits per heavy atom. The Hall–Kier alpha value is -1.73. The number of rotatable bonds is 2. The van der Waals surface area contributed by atoms with Crippen LogP contribution in [-0.4, -0.2) is 19.8 Å². The number of ether oxygens (including phenoxy) is 1. The minimum Gasteiger partial charge on any atom is -0.388 e. The van der Waals surface area contributed by atoms with E-state index < -0.39 is 37.6 Å². The number of aromatic nitrogens is 1. The van der Waals surface area contributed by atoms with Gasteiger partial charge < -0.3 is 10.5 Å². The number of nitrogens with two attached hydrogens (primary N) is 1. The quantitative estimate of drug-likeness (QED) is 0.827. The van der Waals surface area contributed by atoms with Crippen molar-refractivity contribution in [1.29, 1.82) is 5.26 Å². The average molecular weight is 302 g/mol. The van der Waals surface area contributed by atoms with Crippen molar-refractivity contribution < 1.29 is 26.3 Å². The summed E-state index contributed by atoms with van der Waals surface area (Å²) < 4.78 is 61.3. The summed E-state index contributed by atoms with van der Waals surface area (Å²) in [4.78, 5) is 2.19. The molecule has 0 aliphatic heterocycles. The van der Waals surface area contributed by atoms with Crippen molar-refractivity contribution in [3.63, 3.8) is 0 Å². The fourth-order valence-corrected chi connectivity index (χ4v) is 2.19. The molecule has 0 aromatic carbocycles. The summed E-state index contributed by atoms with van der Waals surface area (Å²) in [6.07, 6.45) is -5.05. The topological polar surface area (TPSA) is 106 Å². The number of hydrogen-bond acceptors (Lipinski definition) is 6. The first kappa shape index (κ1) is 14.3. The normalized spacial score (nSPS) is 11.9. The van der Waals surface area contributed by atoms with Crippen LogP contribution in [0.4, 0.5) is 19.0 Å². The third-order valence-corrected chi connectivity index (χ3v) is 2.94. The van der Waals surface area contributed by atoms with E-state index in [0.29, 0.717) is 6.07 Å². The summed E-state index contributed by atoms with van der Waals surface area (Å²) in [7, 11) is 0.560. The molecule has 0 aliphatic rings. The van der Waals surface area contributed by atoms with Crippen LogP contribution in [0.3, 0.4) is 0 Å². The second-order valence-corrected chi connectivity index (χ2v) is 5.32. The maximum Gasteiger partial charge on any atom is 0.574 e. The number of halogens is 4. The summed E-state index contributed by atoms with van der Waals surface area (Å²) in [5.41, 5.74) is 4.43. The molecule has 1 heterocycles. The molecular weight excluding hydrogens is 299 g/mol. The minimum absolute atomic E-state index is 0.471. The molecule has 0 aliphatic carbocycles. The number of anilines is 1. The zero-order valence-corrected chi connectivity index (χ0v) is 9.77. The molecule has 0 spiro atoms. The Labute approximate surface area is 103 Å². The van der Waals surface area contributed by atoms with E-state index >= 15 is 0 Å². The van der Waals surface area contributed by atoms with Gasteiger partial charge >= 0.3 is 6.36 Å². The highest BCUT2D eigenvalue weighted by molar-refractivity contribution is 8.13. The van der Waals surface area contributed by atoms with Crippen molar-refractivity contribution in [2.24, 2.45) is 0 Å². The van der Waals surface area contributed by atoms with E-state index in [0.717, 1.165) is 0 Å². The summed E-state index contributed by atoms with van der Waals surface area (Å²) in [6.45, 7) is 0. The van der Waals surface area contributed by atoms with Crippen LogP contribution < -0.4 is 10.5 Å². The van der Waals surface area contributed by atoms with Crippen LogP contribution in [-0.2, 0) is 9.05 Å². The minimum atomic E-state index is -5.05. The number of pyridine rings is 1. The van der Waals surface area contributed by atoms with Crippen molar-refractivity contribution >= 4 is 25.6 Å². The highest BCUT2D eigenvalue weighted by atomic mass is 35.7. The van der Waals surface area contributed by atoms with Gasteiger partial charge in [0.25, 0.3) is 9.05 Å². The van der Waals surface area contributed by atoms with Crippen LogP contribution in [0.15, 0.2) is 11.0 Å². The van der Waals surface area contributed by atoms with Gasteiger partial charge in [-0.05, 0) is 0 Å². The number of nitrogens with zero attached hydrogens (tertiary/aromatic N) is 2. The van der Waals surface area contributed by atoms with Gasteiger partial charge in [-0.2, -0.15) is 10.2 Å². The van der Waals surface area contributed by atoms with E-state index in [1.165, 1.54) is 6.07 Å². The van der Waals surface area contributed by atoms with Crippen LogP contribution >= 0.6 is 10.7 Å². The van der Waals surface area contributed by atoms with Gasteiger partial charge in [0.05, 0.1) is 5.56 Å². The smallest absolute Gasteiger partial charge is 0.388 e. The summed E-state index contributed by atoms with van der Waals surface area (Å²) in [5.74, 6) is -1.91. The lowest BCUT2D eigenvalue weighted by molar-refractivity contribution is -0.276. The van der Waals surface area contributed by atoms with Crippen molar-refractivity contribution in [1.82, 2.24) is 4.98 Å². The molecule has 1 aromatic rings. The molecule has 0 saturated heterocycles. The number of hydrogen-bond donors (Lipinski definition) is 1. The maximum absolute atomic E-state index is 11.9. The molecular formula is C7H3ClF3N3O3S. The predicted molar refractivity (Wildman–Crippen MR) is 53.1 cm³/mol. The predicted octanol–water partition coefficient (Wildman–Crippen LogP) is 1.36. The molecule has 2 N–H and O–H groups in total. The number of nitrogen functional groups attached to an aromatic ring is 1. The van der Waals surface area contributed by atoms with Crippen LogP contribution in [0.5, 0.6) is 5.88 Å². The molecule has 0 amide bonds. The highest BCUT2D eigenvalue weighted by Gasteiger charge is 2.33. The fraction of sp³-hybridized carbons (Fsp3) is 0.143. The summed E-state index contributed by atoms with van der Waals surface area (Å²) in [6, 6.07) is 1.81. The van der Waals surface area contributed by atoms with Gasteiger partial charge in [-0.1, -0.05) is 0 Å². The van der Waals surface area contributed by atoms with Gasteiger partial charge in [0.1, 0.15) is 16.8 Å². The second-order valence-electron chi connectivity index (χ2n) is 2.82. The molecule has 11 heteroatoms. The Morgan fingerprint density at radius 3 is 2.44 bits per heavy atom. The first-order chi connectivity index (χ1) is 8.04. The largest absolute Gasteiger partial charge is 0.574 e. The molecule has 0 unspecified atom stereocenters. The molecule has 0 atom stereocenters. The van der Waals surface area contributed by atoms with Gasteiger partial charge in [0.2, 0.25) is 5.88 Å². The average Bonchev–Trinajstić information content (AvgIpc) is 2.11. The van der Waals surface area contributed by atoms with E-state index in [2.05, 4.69) is 9.72 Å². The third kappa shape index (κ3) is 3.38. The zero-order chi connectivity index (χ0) is 14.1. The van der Waals surface area contributed by atoms with Crippen LogP contribution in [0.1, 0.15) is 5.56 Å². The Morgan fingerprint density at radius 1 is 1.50 bits per heavy atom. The van der Waals surface area contributed by atoms with E-state index in [1.807, 2.05) is 0 Å². The molecule has 18 heavy (non-hydrogen) atoms. The molecule has 0 radical (unpaired) electrons. The van der Waals surface area contributed by atoms with E-state index in [1.54, 1.807) is 0 Å². The SMILES string of the molecule is N#Cc1cc(OC(F)(F)F)nc(N)c1S(=O)(=O)Cl. The lowest BCUT2D eigenvalue weighted by Crippen LogP contribution is -2.19. The van der Waals surface area contributed by atoms with Crippen LogP contribution in [0, 0.1) is 11.3 Å². The van der Waals surface area contributed by atoms with E-state index in [4.69, 9.17) is 21.7 Å². The fourth-order valence-electron chi connectivity index (χ4n) is 1.04. The highest BCUT2D eigenvalue weighted by Crippen LogP contribution is 2.30. The number of alkyl halides is 3. The van der Waals surface area contributed by atoms with Gasteiger partial charge in [-0.15, -0.1) is 13.2 Å². The summed E-state index contributed by atoms with van der Waals surface area (Å²) in [5, 5.41) is 8.64. The van der Waals surface area contributed by atoms with Crippen LogP contribution in [0.25, 0.3) is 0 Å². The molecule has 0 bridgehead atoms. The first-order valence-electron chi connectivity index (χ1n) is 3.95. The lowest BCUT2D eigenvalue weighted by Gasteiger charge is -2.10. The Balaban J connectivity index is 3.43. The third-order valence-electron chi connectivity index (χ3n) is 1.56. The van der Waals surface area contributed by atoms with Crippen molar-refractivity contribution in [2.75, 3.05) is 5.73 Å².